The maximum atomic E-state index is 10.2. The molecule has 0 spiro atoms. The fourth-order valence-electron chi connectivity index (χ4n) is 0.275. The number of carbonyl (C=O) groups excluding carboxylic acids is 2. The Balaban J connectivity index is 3.40. The van der Waals surface area contributed by atoms with E-state index in [1.54, 1.807) is 0 Å². The molecule has 0 bridgehead atoms. The summed E-state index contributed by atoms with van der Waals surface area (Å²) in [4.78, 5) is 20.3. The summed E-state index contributed by atoms with van der Waals surface area (Å²) in [6.45, 7) is 1.34. The summed E-state index contributed by atoms with van der Waals surface area (Å²) >= 11 is 0. The first-order valence-corrected chi connectivity index (χ1v) is 2.23. The third kappa shape index (κ3) is 3.33. The molecule has 0 radical (unpaired) electrons. The van der Waals surface area contributed by atoms with Crippen molar-refractivity contribution in [3.8, 4) is 0 Å². The van der Waals surface area contributed by atoms with E-state index in [9.17, 15) is 9.59 Å². The van der Waals surface area contributed by atoms with Crippen molar-refractivity contribution >= 4 is 11.8 Å². The lowest BCUT2D eigenvalue weighted by molar-refractivity contribution is -0.142. The van der Waals surface area contributed by atoms with Crippen LogP contribution < -0.4 is 0 Å². The van der Waals surface area contributed by atoms with Gasteiger partial charge in [0.05, 0.1) is 7.11 Å². The first kappa shape index (κ1) is 7.14. The van der Waals surface area contributed by atoms with Crippen molar-refractivity contribution in [2.24, 2.45) is 0 Å². The number of hydrogen-bond donors (Lipinski definition) is 0. The van der Waals surface area contributed by atoms with E-state index in [-0.39, 0.29) is 12.2 Å². The highest BCUT2D eigenvalue weighted by molar-refractivity contribution is 5.93. The SMILES string of the molecule is CO[13C](=O)CC(C)=O. The van der Waals surface area contributed by atoms with Crippen molar-refractivity contribution in [2.75, 3.05) is 7.11 Å². The summed E-state index contributed by atoms with van der Waals surface area (Å²) in [5, 5.41) is 0. The highest BCUT2D eigenvalue weighted by atomic mass is 16.6. The van der Waals surface area contributed by atoms with Crippen LogP contribution in [-0.4, -0.2) is 18.9 Å². The molecule has 0 N–H and O–H groups in total. The molecule has 0 aromatic heterocycles. The number of ketones is 1. The lowest BCUT2D eigenvalue weighted by Gasteiger charge is -1.90. The van der Waals surface area contributed by atoms with Crippen LogP contribution in [0.25, 0.3) is 0 Å². The minimum absolute atomic E-state index is 0.115. The number of Topliss-reactive ketones (excluding diaryl/α,β-unsaturated/α-hetero) is 1. The molecule has 0 unspecified atom stereocenters. The van der Waals surface area contributed by atoms with Crippen molar-refractivity contribution in [1.82, 2.24) is 0 Å². The Morgan fingerprint density at radius 2 is 2.00 bits per heavy atom. The average molecular weight is 117 g/mol. The molecule has 0 aromatic carbocycles. The Kier molecular flexibility index (Phi) is 2.84. The molecule has 0 aromatic rings. The fraction of sp³-hybridized carbons (Fsp3) is 0.600. The van der Waals surface area contributed by atoms with Gasteiger partial charge in [0, 0.05) is 0 Å². The van der Waals surface area contributed by atoms with E-state index in [2.05, 4.69) is 4.74 Å². The predicted octanol–water partition coefficient (Wildman–Crippen LogP) is 0.138. The van der Waals surface area contributed by atoms with Gasteiger partial charge >= 0.3 is 5.97 Å². The van der Waals surface area contributed by atoms with Crippen molar-refractivity contribution in [2.45, 2.75) is 13.3 Å². The number of esters is 1. The van der Waals surface area contributed by atoms with E-state index >= 15 is 0 Å². The topological polar surface area (TPSA) is 43.4 Å². The minimum atomic E-state index is -0.475. The van der Waals surface area contributed by atoms with Crippen LogP contribution in [0.2, 0.25) is 0 Å². The number of methoxy groups -OCH3 is 1. The number of hydrogen-bond acceptors (Lipinski definition) is 3. The third-order valence-corrected chi connectivity index (χ3v) is 0.621. The predicted molar refractivity (Wildman–Crippen MR) is 27.3 cm³/mol. The van der Waals surface area contributed by atoms with Gasteiger partial charge in [0.25, 0.3) is 0 Å². The highest BCUT2D eigenvalue weighted by Gasteiger charge is 2.01. The number of ether oxygens (including phenoxy) is 1. The fourth-order valence-corrected chi connectivity index (χ4v) is 0.275. The normalized spacial score (nSPS) is 8.25. The van der Waals surface area contributed by atoms with Crippen molar-refractivity contribution < 1.29 is 14.3 Å². The zero-order valence-electron chi connectivity index (χ0n) is 4.93. The molecule has 3 nitrogen and oxygen atoms in total. The molecule has 46 valence electrons. The van der Waals surface area contributed by atoms with Gasteiger partial charge in [0.2, 0.25) is 0 Å². The largest absolute Gasteiger partial charge is 0.469 e. The molecular weight excluding hydrogens is 109 g/mol. The van der Waals surface area contributed by atoms with Gasteiger partial charge in [-0.2, -0.15) is 0 Å². The smallest absolute Gasteiger partial charge is 0.313 e. The van der Waals surface area contributed by atoms with Crippen LogP contribution in [0, 0.1) is 0 Å². The second kappa shape index (κ2) is 3.18. The second-order valence-corrected chi connectivity index (χ2v) is 1.45. The summed E-state index contributed by atoms with van der Waals surface area (Å²) in [5.74, 6) is -0.644. The third-order valence-electron chi connectivity index (χ3n) is 0.621. The molecule has 3 heteroatoms. The van der Waals surface area contributed by atoms with E-state index in [4.69, 9.17) is 0 Å². The van der Waals surface area contributed by atoms with Crippen LogP contribution in [0.1, 0.15) is 13.3 Å². The van der Waals surface area contributed by atoms with Crippen LogP contribution in [-0.2, 0) is 14.3 Å². The molecule has 0 rings (SSSR count). The van der Waals surface area contributed by atoms with Gasteiger partial charge in [0.1, 0.15) is 12.2 Å². The lowest BCUT2D eigenvalue weighted by Crippen LogP contribution is -2.05. The standard InChI is InChI=1S/C5H8O3/c1-4(6)3-5(7)8-2/h3H2,1-2H3/i5+1. The van der Waals surface area contributed by atoms with E-state index in [0.717, 1.165) is 0 Å². The van der Waals surface area contributed by atoms with Crippen molar-refractivity contribution in [3.05, 3.63) is 0 Å². The van der Waals surface area contributed by atoms with Crippen LogP contribution in [0.5, 0.6) is 0 Å². The zero-order chi connectivity index (χ0) is 6.57. The molecule has 0 aliphatic rings. The van der Waals surface area contributed by atoms with Gasteiger partial charge in [-0.1, -0.05) is 0 Å². The zero-order valence-corrected chi connectivity index (χ0v) is 4.93. The molecular formula is C5H8O3. The summed E-state index contributed by atoms with van der Waals surface area (Å²) < 4.78 is 4.20. The lowest BCUT2D eigenvalue weighted by atomic mass is 10.4. The van der Waals surface area contributed by atoms with Gasteiger partial charge in [0.15, 0.2) is 0 Å². The van der Waals surface area contributed by atoms with Crippen LogP contribution >= 0.6 is 0 Å². The molecule has 0 heterocycles. The Bertz CT molecular complexity index is 106. The molecule has 8 heavy (non-hydrogen) atoms. The second-order valence-electron chi connectivity index (χ2n) is 1.45. The van der Waals surface area contributed by atoms with E-state index < -0.39 is 5.97 Å². The van der Waals surface area contributed by atoms with Crippen molar-refractivity contribution in [1.29, 1.82) is 0 Å². The molecule has 0 saturated heterocycles. The van der Waals surface area contributed by atoms with Gasteiger partial charge in [-0.15, -0.1) is 0 Å². The molecule has 0 atom stereocenters. The van der Waals surface area contributed by atoms with Gasteiger partial charge in [-0.3, -0.25) is 9.59 Å². The average Bonchev–Trinajstić information content (AvgIpc) is 1.65. The van der Waals surface area contributed by atoms with E-state index in [1.165, 1.54) is 14.0 Å². The maximum absolute atomic E-state index is 10.2. The Labute approximate surface area is 47.6 Å². The number of carbonyl (C=O) groups is 2. The number of rotatable bonds is 2. The molecule has 0 saturated carbocycles. The highest BCUT2D eigenvalue weighted by Crippen LogP contribution is 1.83. The van der Waals surface area contributed by atoms with Crippen molar-refractivity contribution in [3.63, 3.8) is 0 Å². The van der Waals surface area contributed by atoms with Gasteiger partial charge in [-0.05, 0) is 6.92 Å². The minimum Gasteiger partial charge on any atom is -0.469 e. The molecule has 0 fully saturated rings. The van der Waals surface area contributed by atoms with E-state index in [0.29, 0.717) is 0 Å². The molecule has 0 aliphatic heterocycles. The van der Waals surface area contributed by atoms with E-state index in [1.807, 2.05) is 0 Å². The maximum Gasteiger partial charge on any atom is 0.313 e. The van der Waals surface area contributed by atoms with Gasteiger partial charge in [-0.25, -0.2) is 0 Å². The summed E-state index contributed by atoms with van der Waals surface area (Å²) in [7, 11) is 1.26. The first-order valence-electron chi connectivity index (χ1n) is 2.23. The Hall–Kier alpha value is -0.860. The summed E-state index contributed by atoms with van der Waals surface area (Å²) in [5.41, 5.74) is 0. The Morgan fingerprint density at radius 3 is 2.12 bits per heavy atom. The molecule has 0 amide bonds. The van der Waals surface area contributed by atoms with Gasteiger partial charge < -0.3 is 4.74 Å². The van der Waals surface area contributed by atoms with Crippen LogP contribution in [0.4, 0.5) is 0 Å². The molecule has 0 aliphatic carbocycles. The quantitative estimate of drug-likeness (QED) is 0.293. The first-order chi connectivity index (χ1) is 3.66. The summed E-state index contributed by atoms with van der Waals surface area (Å²) in [6, 6.07) is 0. The van der Waals surface area contributed by atoms with Crippen LogP contribution in [0.15, 0.2) is 0 Å². The monoisotopic (exact) mass is 117 g/mol. The Morgan fingerprint density at radius 1 is 1.50 bits per heavy atom. The van der Waals surface area contributed by atoms with Crippen LogP contribution in [0.3, 0.4) is 0 Å². The summed E-state index contributed by atoms with van der Waals surface area (Å²) in [6.07, 6.45) is -0.115.